The van der Waals surface area contributed by atoms with Gasteiger partial charge in [0.1, 0.15) is 4.90 Å². The second kappa shape index (κ2) is 5.44. The third-order valence-electron chi connectivity index (χ3n) is 4.27. The van der Waals surface area contributed by atoms with Crippen LogP contribution in [0.1, 0.15) is 18.5 Å². The lowest BCUT2D eigenvalue weighted by molar-refractivity contribution is 0.427. The molecular formula is C15H21N3O2S. The van der Waals surface area contributed by atoms with Crippen molar-refractivity contribution < 1.29 is 8.42 Å². The highest BCUT2D eigenvalue weighted by Gasteiger charge is 2.27. The standard InChI is InChI=1S/C15H21N3O2S/c1-11-15(13-5-3-4-6-14(13)18(11)2)21(19,20)17-12-7-9-16-10-8-12/h3-6,12,16-17H,7-10H2,1-2H3. The van der Waals surface area contributed by atoms with Crippen molar-refractivity contribution in [1.82, 2.24) is 14.6 Å². The zero-order valence-corrected chi connectivity index (χ0v) is 13.2. The number of rotatable bonds is 3. The van der Waals surface area contributed by atoms with Crippen molar-refractivity contribution in [3.05, 3.63) is 30.0 Å². The second-order valence-corrected chi connectivity index (χ2v) is 7.29. The number of nitrogens with one attached hydrogen (secondary N) is 2. The molecule has 114 valence electrons. The summed E-state index contributed by atoms with van der Waals surface area (Å²) in [5.74, 6) is 0. The lowest BCUT2D eigenvalue weighted by atomic mass is 10.1. The Bertz CT molecular complexity index is 759. The minimum absolute atomic E-state index is 0.0228. The average molecular weight is 307 g/mol. The molecule has 0 atom stereocenters. The molecule has 1 aromatic carbocycles. The summed E-state index contributed by atoms with van der Waals surface area (Å²) in [4.78, 5) is 0.416. The summed E-state index contributed by atoms with van der Waals surface area (Å²) in [6.07, 6.45) is 1.67. The minimum Gasteiger partial charge on any atom is -0.347 e. The predicted octanol–water partition coefficient (Wildman–Crippen LogP) is 1.52. The van der Waals surface area contributed by atoms with Crippen molar-refractivity contribution in [2.45, 2.75) is 30.7 Å². The van der Waals surface area contributed by atoms with Crippen LogP contribution in [0.4, 0.5) is 0 Å². The zero-order valence-electron chi connectivity index (χ0n) is 12.4. The molecule has 1 aliphatic rings. The minimum atomic E-state index is -3.49. The van der Waals surface area contributed by atoms with Crippen LogP contribution in [0.2, 0.25) is 0 Å². The van der Waals surface area contributed by atoms with Crippen molar-refractivity contribution >= 4 is 20.9 Å². The van der Waals surface area contributed by atoms with Crippen LogP contribution in [0.3, 0.4) is 0 Å². The van der Waals surface area contributed by atoms with Gasteiger partial charge in [0, 0.05) is 29.7 Å². The highest BCUT2D eigenvalue weighted by molar-refractivity contribution is 7.89. The molecular weight excluding hydrogens is 286 g/mol. The molecule has 0 bridgehead atoms. The number of aromatic nitrogens is 1. The van der Waals surface area contributed by atoms with E-state index < -0.39 is 10.0 Å². The molecule has 1 aliphatic heterocycles. The lowest BCUT2D eigenvalue weighted by Crippen LogP contribution is -2.42. The van der Waals surface area contributed by atoms with Crippen LogP contribution < -0.4 is 10.0 Å². The first-order valence-corrected chi connectivity index (χ1v) is 8.76. The van der Waals surface area contributed by atoms with Gasteiger partial charge in [0.25, 0.3) is 0 Å². The summed E-state index contributed by atoms with van der Waals surface area (Å²) in [6, 6.07) is 7.66. The van der Waals surface area contributed by atoms with Gasteiger partial charge in [-0.1, -0.05) is 18.2 Å². The number of aryl methyl sites for hydroxylation is 1. The fourth-order valence-corrected chi connectivity index (χ4v) is 4.82. The Labute approximate surface area is 125 Å². The van der Waals surface area contributed by atoms with Gasteiger partial charge in [-0.15, -0.1) is 0 Å². The van der Waals surface area contributed by atoms with Crippen molar-refractivity contribution in [2.75, 3.05) is 13.1 Å². The molecule has 5 nitrogen and oxygen atoms in total. The van der Waals surface area contributed by atoms with E-state index in [2.05, 4.69) is 10.0 Å². The fourth-order valence-electron chi connectivity index (χ4n) is 3.04. The first-order chi connectivity index (χ1) is 10.0. The fraction of sp³-hybridized carbons (Fsp3) is 0.467. The van der Waals surface area contributed by atoms with Gasteiger partial charge in [-0.3, -0.25) is 0 Å². The van der Waals surface area contributed by atoms with Gasteiger partial charge in [-0.05, 0) is 38.9 Å². The molecule has 0 radical (unpaired) electrons. The van der Waals surface area contributed by atoms with E-state index in [1.54, 1.807) is 0 Å². The highest BCUT2D eigenvalue weighted by Crippen LogP contribution is 2.29. The summed E-state index contributed by atoms with van der Waals surface area (Å²) in [5.41, 5.74) is 1.72. The van der Waals surface area contributed by atoms with E-state index >= 15 is 0 Å². The number of benzene rings is 1. The maximum atomic E-state index is 12.8. The molecule has 1 saturated heterocycles. The Morgan fingerprint density at radius 2 is 1.90 bits per heavy atom. The van der Waals surface area contributed by atoms with Crippen LogP contribution >= 0.6 is 0 Å². The quantitative estimate of drug-likeness (QED) is 0.903. The van der Waals surface area contributed by atoms with E-state index in [0.717, 1.165) is 42.5 Å². The van der Waals surface area contributed by atoms with Gasteiger partial charge in [0.2, 0.25) is 10.0 Å². The van der Waals surface area contributed by atoms with E-state index in [1.807, 2.05) is 42.8 Å². The Kier molecular flexibility index (Phi) is 3.77. The number of piperidine rings is 1. The summed E-state index contributed by atoms with van der Waals surface area (Å²) < 4.78 is 30.4. The molecule has 2 N–H and O–H groups in total. The maximum absolute atomic E-state index is 12.8. The van der Waals surface area contributed by atoms with Crippen LogP contribution in [0, 0.1) is 6.92 Å². The Balaban J connectivity index is 2.04. The van der Waals surface area contributed by atoms with Crippen molar-refractivity contribution in [1.29, 1.82) is 0 Å². The number of hydrogen-bond donors (Lipinski definition) is 2. The number of sulfonamides is 1. The van der Waals surface area contributed by atoms with Crippen molar-refractivity contribution in [3.63, 3.8) is 0 Å². The zero-order chi connectivity index (χ0) is 15.0. The Morgan fingerprint density at radius 1 is 1.24 bits per heavy atom. The number of fused-ring (bicyclic) bond motifs is 1. The first kappa shape index (κ1) is 14.6. The number of hydrogen-bond acceptors (Lipinski definition) is 3. The van der Waals surface area contributed by atoms with E-state index in [9.17, 15) is 8.42 Å². The molecule has 1 fully saturated rings. The van der Waals surface area contributed by atoms with Crippen molar-refractivity contribution in [3.8, 4) is 0 Å². The van der Waals surface area contributed by atoms with Crippen LogP contribution in [-0.4, -0.2) is 32.1 Å². The molecule has 0 unspecified atom stereocenters. The van der Waals surface area contributed by atoms with Crippen LogP contribution in [0.5, 0.6) is 0 Å². The van der Waals surface area contributed by atoms with Crippen LogP contribution in [0.15, 0.2) is 29.2 Å². The summed E-state index contributed by atoms with van der Waals surface area (Å²) in [5, 5.41) is 4.04. The number of para-hydroxylation sites is 1. The molecule has 2 heterocycles. The molecule has 0 saturated carbocycles. The van der Waals surface area contributed by atoms with Crippen LogP contribution in [-0.2, 0) is 17.1 Å². The third kappa shape index (κ3) is 2.59. The SMILES string of the molecule is Cc1c(S(=O)(=O)NC2CCNCC2)c2ccccc2n1C. The monoisotopic (exact) mass is 307 g/mol. The molecule has 3 rings (SSSR count). The predicted molar refractivity (Wildman–Crippen MR) is 83.9 cm³/mol. The number of nitrogens with zero attached hydrogens (tertiary/aromatic N) is 1. The summed E-state index contributed by atoms with van der Waals surface area (Å²) in [6.45, 7) is 3.58. The second-order valence-electron chi connectivity index (χ2n) is 5.64. The van der Waals surface area contributed by atoms with Gasteiger partial charge < -0.3 is 9.88 Å². The third-order valence-corrected chi connectivity index (χ3v) is 5.97. The Hall–Kier alpha value is -1.37. The molecule has 1 aromatic heterocycles. The van der Waals surface area contributed by atoms with Gasteiger partial charge in [-0.25, -0.2) is 13.1 Å². The molecule has 0 amide bonds. The smallest absolute Gasteiger partial charge is 0.243 e. The van der Waals surface area contributed by atoms with Crippen molar-refractivity contribution in [2.24, 2.45) is 7.05 Å². The van der Waals surface area contributed by atoms with Gasteiger partial charge in [0.05, 0.1) is 0 Å². The normalized spacial score (nSPS) is 17.4. The van der Waals surface area contributed by atoms with E-state index in [4.69, 9.17) is 0 Å². The average Bonchev–Trinajstić information content (AvgIpc) is 2.72. The molecule has 21 heavy (non-hydrogen) atoms. The summed E-state index contributed by atoms with van der Waals surface area (Å²) >= 11 is 0. The van der Waals surface area contributed by atoms with E-state index in [0.29, 0.717) is 4.90 Å². The topological polar surface area (TPSA) is 63.1 Å². The van der Waals surface area contributed by atoms with Gasteiger partial charge in [-0.2, -0.15) is 0 Å². The molecule has 6 heteroatoms. The lowest BCUT2D eigenvalue weighted by Gasteiger charge is -2.23. The van der Waals surface area contributed by atoms with Gasteiger partial charge in [0.15, 0.2) is 0 Å². The largest absolute Gasteiger partial charge is 0.347 e. The molecule has 0 spiro atoms. The molecule has 0 aliphatic carbocycles. The van der Waals surface area contributed by atoms with Gasteiger partial charge >= 0.3 is 0 Å². The molecule has 2 aromatic rings. The summed E-state index contributed by atoms with van der Waals surface area (Å²) in [7, 11) is -1.59. The first-order valence-electron chi connectivity index (χ1n) is 7.28. The van der Waals surface area contributed by atoms with E-state index in [1.165, 1.54) is 0 Å². The Morgan fingerprint density at radius 3 is 2.62 bits per heavy atom. The van der Waals surface area contributed by atoms with E-state index in [-0.39, 0.29) is 6.04 Å². The highest BCUT2D eigenvalue weighted by atomic mass is 32.2. The maximum Gasteiger partial charge on any atom is 0.243 e. The van der Waals surface area contributed by atoms with Crippen LogP contribution in [0.25, 0.3) is 10.9 Å².